The molecule has 0 aliphatic carbocycles. The van der Waals surface area contributed by atoms with Crippen LogP contribution < -0.4 is 0 Å². The molecule has 0 N–H and O–H groups in total. The van der Waals surface area contributed by atoms with Crippen molar-refractivity contribution in [3.8, 4) is 0 Å². The van der Waals surface area contributed by atoms with Gasteiger partial charge in [0.2, 0.25) is 0 Å². The summed E-state index contributed by atoms with van der Waals surface area (Å²) >= 11 is 0. The molecule has 0 fully saturated rings. The van der Waals surface area contributed by atoms with Crippen LogP contribution in [0.2, 0.25) is 0 Å². The largest absolute Gasteiger partial charge is 0.379 e. The standard InChI is InChI=1S/C9H16N2/c1-4-11-7-5-6-9(8-11)10(2)3/h5-7H,4,8H2,1-3H3. The monoisotopic (exact) mass is 152 g/mol. The third kappa shape index (κ3) is 2.00. The number of rotatable bonds is 2. The van der Waals surface area contributed by atoms with Gasteiger partial charge in [0.25, 0.3) is 0 Å². The molecule has 0 amide bonds. The molecule has 0 spiro atoms. The van der Waals surface area contributed by atoms with Crippen molar-refractivity contribution in [3.63, 3.8) is 0 Å². The highest BCUT2D eigenvalue weighted by atomic mass is 15.2. The highest BCUT2D eigenvalue weighted by Gasteiger charge is 2.05. The van der Waals surface area contributed by atoms with Crippen LogP contribution in [0.5, 0.6) is 0 Å². The molecule has 1 rings (SSSR count). The van der Waals surface area contributed by atoms with Gasteiger partial charge >= 0.3 is 0 Å². The van der Waals surface area contributed by atoms with Crippen LogP contribution in [0, 0.1) is 0 Å². The van der Waals surface area contributed by atoms with E-state index in [9.17, 15) is 0 Å². The Hall–Kier alpha value is -0.920. The number of nitrogens with zero attached hydrogens (tertiary/aromatic N) is 2. The Labute approximate surface area is 68.8 Å². The van der Waals surface area contributed by atoms with E-state index >= 15 is 0 Å². The van der Waals surface area contributed by atoms with Crippen molar-refractivity contribution in [2.45, 2.75) is 6.92 Å². The van der Waals surface area contributed by atoms with Gasteiger partial charge in [-0.2, -0.15) is 0 Å². The normalized spacial score (nSPS) is 16.6. The summed E-state index contributed by atoms with van der Waals surface area (Å²) in [7, 11) is 4.16. The van der Waals surface area contributed by atoms with Gasteiger partial charge in [-0.05, 0) is 25.3 Å². The van der Waals surface area contributed by atoms with Crippen LogP contribution in [0.1, 0.15) is 6.92 Å². The SMILES string of the molecule is CCN1C=CC=C(N(C)C)C1. The maximum atomic E-state index is 2.29. The van der Waals surface area contributed by atoms with Crippen molar-refractivity contribution < 1.29 is 0 Å². The van der Waals surface area contributed by atoms with Crippen molar-refractivity contribution in [3.05, 3.63) is 24.0 Å². The van der Waals surface area contributed by atoms with Gasteiger partial charge in [-0.3, -0.25) is 0 Å². The topological polar surface area (TPSA) is 6.48 Å². The molecule has 0 radical (unpaired) electrons. The van der Waals surface area contributed by atoms with Gasteiger partial charge in [-0.15, -0.1) is 0 Å². The van der Waals surface area contributed by atoms with Crippen LogP contribution in [-0.2, 0) is 0 Å². The Kier molecular flexibility index (Phi) is 2.58. The Balaban J connectivity index is 2.57. The van der Waals surface area contributed by atoms with Gasteiger partial charge in [0.05, 0.1) is 6.54 Å². The van der Waals surface area contributed by atoms with Gasteiger partial charge in [0.15, 0.2) is 0 Å². The van der Waals surface area contributed by atoms with E-state index in [1.807, 2.05) is 0 Å². The fourth-order valence-corrected chi connectivity index (χ4v) is 1.10. The molecule has 1 heterocycles. The second-order valence-corrected chi connectivity index (χ2v) is 2.96. The van der Waals surface area contributed by atoms with Gasteiger partial charge in [-0.1, -0.05) is 0 Å². The van der Waals surface area contributed by atoms with E-state index < -0.39 is 0 Å². The van der Waals surface area contributed by atoms with E-state index in [1.165, 1.54) is 5.70 Å². The molecule has 0 bridgehead atoms. The lowest BCUT2D eigenvalue weighted by Gasteiger charge is -2.27. The summed E-state index contributed by atoms with van der Waals surface area (Å²) in [4.78, 5) is 4.45. The smallest absolute Gasteiger partial charge is 0.0572 e. The van der Waals surface area contributed by atoms with E-state index in [0.717, 1.165) is 13.1 Å². The molecule has 0 aromatic heterocycles. The molecule has 2 nitrogen and oxygen atoms in total. The third-order valence-corrected chi connectivity index (χ3v) is 1.93. The quantitative estimate of drug-likeness (QED) is 0.588. The third-order valence-electron chi connectivity index (χ3n) is 1.93. The lowest BCUT2D eigenvalue weighted by molar-refractivity contribution is 0.367. The van der Waals surface area contributed by atoms with Gasteiger partial charge in [0.1, 0.15) is 0 Å². The molecule has 11 heavy (non-hydrogen) atoms. The highest BCUT2D eigenvalue weighted by Crippen LogP contribution is 2.08. The summed E-state index contributed by atoms with van der Waals surface area (Å²) in [6.07, 6.45) is 6.39. The number of likely N-dealkylation sites (N-methyl/N-ethyl adjacent to an activating group) is 2. The molecule has 0 aromatic rings. The summed E-state index contributed by atoms with van der Waals surface area (Å²) in [5.74, 6) is 0. The minimum Gasteiger partial charge on any atom is -0.379 e. The van der Waals surface area contributed by atoms with Gasteiger partial charge in [-0.25, -0.2) is 0 Å². The zero-order valence-electron chi connectivity index (χ0n) is 7.54. The first-order valence-electron chi connectivity index (χ1n) is 4.02. The number of allylic oxidation sites excluding steroid dienone is 2. The van der Waals surface area contributed by atoms with E-state index in [-0.39, 0.29) is 0 Å². The summed E-state index contributed by atoms with van der Waals surface area (Å²) < 4.78 is 0. The molecule has 0 saturated heterocycles. The van der Waals surface area contributed by atoms with E-state index in [4.69, 9.17) is 0 Å². The Morgan fingerprint density at radius 1 is 1.55 bits per heavy atom. The van der Waals surface area contributed by atoms with Gasteiger partial charge < -0.3 is 9.80 Å². The minimum absolute atomic E-state index is 1.04. The molecule has 0 unspecified atom stereocenters. The van der Waals surface area contributed by atoms with Crippen LogP contribution in [0.25, 0.3) is 0 Å². The van der Waals surface area contributed by atoms with Crippen LogP contribution in [0.15, 0.2) is 24.0 Å². The first kappa shape index (κ1) is 8.18. The molecular formula is C9H16N2. The van der Waals surface area contributed by atoms with Crippen molar-refractivity contribution in [2.75, 3.05) is 27.2 Å². The van der Waals surface area contributed by atoms with Crippen LogP contribution in [0.3, 0.4) is 0 Å². The molecule has 2 heteroatoms. The van der Waals surface area contributed by atoms with E-state index in [1.54, 1.807) is 0 Å². The predicted octanol–water partition coefficient (Wildman–Crippen LogP) is 1.28. The van der Waals surface area contributed by atoms with Gasteiger partial charge in [0, 0.05) is 26.3 Å². The van der Waals surface area contributed by atoms with Crippen LogP contribution >= 0.6 is 0 Å². The fraction of sp³-hybridized carbons (Fsp3) is 0.556. The second-order valence-electron chi connectivity index (χ2n) is 2.96. The summed E-state index contributed by atoms with van der Waals surface area (Å²) in [5, 5.41) is 0. The summed E-state index contributed by atoms with van der Waals surface area (Å²) in [5.41, 5.74) is 1.37. The molecule has 0 saturated carbocycles. The van der Waals surface area contributed by atoms with E-state index in [0.29, 0.717) is 0 Å². The average molecular weight is 152 g/mol. The van der Waals surface area contributed by atoms with Crippen molar-refractivity contribution >= 4 is 0 Å². The molecule has 0 atom stereocenters. The zero-order valence-corrected chi connectivity index (χ0v) is 7.54. The first-order valence-corrected chi connectivity index (χ1v) is 4.02. The lowest BCUT2D eigenvalue weighted by Crippen LogP contribution is -2.27. The first-order chi connectivity index (χ1) is 5.24. The summed E-state index contributed by atoms with van der Waals surface area (Å²) in [6.45, 7) is 4.30. The molecule has 1 aliphatic rings. The zero-order chi connectivity index (χ0) is 8.27. The van der Waals surface area contributed by atoms with Crippen molar-refractivity contribution in [1.82, 2.24) is 9.80 Å². The fourth-order valence-electron chi connectivity index (χ4n) is 1.10. The minimum atomic E-state index is 1.04. The number of hydrogen-bond donors (Lipinski definition) is 0. The Bertz CT molecular complexity index is 180. The summed E-state index contributed by atoms with van der Waals surface area (Å²) in [6, 6.07) is 0. The highest BCUT2D eigenvalue weighted by molar-refractivity contribution is 5.17. The van der Waals surface area contributed by atoms with Crippen LogP contribution in [0.4, 0.5) is 0 Å². The molecular weight excluding hydrogens is 136 g/mol. The maximum absolute atomic E-state index is 2.29. The number of hydrogen-bond acceptors (Lipinski definition) is 2. The van der Waals surface area contributed by atoms with Crippen molar-refractivity contribution in [1.29, 1.82) is 0 Å². The average Bonchev–Trinajstić information content (AvgIpc) is 2.05. The molecule has 1 aliphatic heterocycles. The maximum Gasteiger partial charge on any atom is 0.0572 e. The van der Waals surface area contributed by atoms with E-state index in [2.05, 4.69) is 49.2 Å². The lowest BCUT2D eigenvalue weighted by atomic mass is 10.3. The van der Waals surface area contributed by atoms with Crippen molar-refractivity contribution in [2.24, 2.45) is 0 Å². The second kappa shape index (κ2) is 3.46. The molecule has 0 aromatic carbocycles. The predicted molar refractivity (Wildman–Crippen MR) is 48.2 cm³/mol. The molecule has 62 valence electrons. The van der Waals surface area contributed by atoms with Crippen LogP contribution in [-0.4, -0.2) is 37.0 Å². The Morgan fingerprint density at radius 3 is 2.82 bits per heavy atom. The Morgan fingerprint density at radius 2 is 2.27 bits per heavy atom.